The van der Waals surface area contributed by atoms with Crippen molar-refractivity contribution < 1.29 is 14.3 Å². The summed E-state index contributed by atoms with van der Waals surface area (Å²) in [7, 11) is 1.67. The van der Waals surface area contributed by atoms with Gasteiger partial charge in [-0.25, -0.2) is 4.79 Å². The molecule has 4 rings (SSSR count). The lowest BCUT2D eigenvalue weighted by molar-refractivity contribution is -0.137. The Kier molecular flexibility index (Phi) is 9.61. The molecule has 0 bridgehead atoms. The van der Waals surface area contributed by atoms with E-state index in [4.69, 9.17) is 9.47 Å². The highest BCUT2D eigenvalue weighted by molar-refractivity contribution is 5.85. The topological polar surface area (TPSA) is 35.5 Å². The molecule has 0 aromatic heterocycles. The summed E-state index contributed by atoms with van der Waals surface area (Å²) in [6.07, 6.45) is 3.60. The standard InChI is InChI=1S/C36H28O3/c1-3-36(37)39-25-7-5-4-6-8-28-9-11-29(12-10-28)13-14-30-15-17-31(18-16-30)19-20-32-21-22-34-27-35(38-2)24-23-33(34)26-32/h3,9-12,15-18,21-24,26-27H,1,4-5,7,25H2,2H3. The van der Waals surface area contributed by atoms with Crippen LogP contribution in [-0.2, 0) is 9.53 Å². The number of ether oxygens (including phenoxy) is 2. The van der Waals surface area contributed by atoms with E-state index >= 15 is 0 Å². The van der Waals surface area contributed by atoms with Crippen molar-refractivity contribution in [3.63, 3.8) is 0 Å². The molecule has 0 heterocycles. The number of esters is 1. The van der Waals surface area contributed by atoms with E-state index in [2.05, 4.69) is 54.2 Å². The monoisotopic (exact) mass is 508 g/mol. The molecular formula is C36H28O3. The summed E-state index contributed by atoms with van der Waals surface area (Å²) in [6.45, 7) is 3.77. The van der Waals surface area contributed by atoms with Crippen LogP contribution in [0, 0.1) is 35.5 Å². The van der Waals surface area contributed by atoms with Gasteiger partial charge in [0.25, 0.3) is 0 Å². The number of unbranched alkanes of at least 4 members (excludes halogenated alkanes) is 2. The zero-order valence-corrected chi connectivity index (χ0v) is 21.9. The Bertz CT molecular complexity index is 1640. The molecule has 0 saturated carbocycles. The molecule has 0 atom stereocenters. The van der Waals surface area contributed by atoms with Crippen molar-refractivity contribution in [2.24, 2.45) is 0 Å². The van der Waals surface area contributed by atoms with Crippen LogP contribution in [0.25, 0.3) is 10.8 Å². The van der Waals surface area contributed by atoms with Gasteiger partial charge >= 0.3 is 5.97 Å². The maximum Gasteiger partial charge on any atom is 0.330 e. The van der Waals surface area contributed by atoms with Crippen molar-refractivity contribution in [3.05, 3.63) is 125 Å². The molecule has 0 unspecified atom stereocenters. The Morgan fingerprint density at radius 2 is 1.21 bits per heavy atom. The normalized spacial score (nSPS) is 9.67. The number of hydrogen-bond acceptors (Lipinski definition) is 3. The first-order valence-electron chi connectivity index (χ1n) is 12.7. The first kappa shape index (κ1) is 26.9. The third kappa shape index (κ3) is 8.43. The van der Waals surface area contributed by atoms with E-state index in [1.165, 1.54) is 6.08 Å². The minimum atomic E-state index is -0.384. The van der Waals surface area contributed by atoms with Crippen LogP contribution in [0.3, 0.4) is 0 Å². The number of carbonyl (C=O) groups excluding carboxylic acids is 1. The van der Waals surface area contributed by atoms with Crippen LogP contribution in [0.15, 0.2) is 97.6 Å². The number of hydrogen-bond donors (Lipinski definition) is 0. The van der Waals surface area contributed by atoms with Crippen molar-refractivity contribution in [1.29, 1.82) is 0 Å². The molecule has 3 nitrogen and oxygen atoms in total. The van der Waals surface area contributed by atoms with Gasteiger partial charge in [0.05, 0.1) is 13.7 Å². The molecule has 190 valence electrons. The van der Waals surface area contributed by atoms with E-state index in [9.17, 15) is 4.79 Å². The quantitative estimate of drug-likeness (QED) is 0.123. The molecule has 0 amide bonds. The predicted molar refractivity (Wildman–Crippen MR) is 157 cm³/mol. The number of benzene rings is 4. The Balaban J connectivity index is 1.29. The minimum Gasteiger partial charge on any atom is -0.497 e. The van der Waals surface area contributed by atoms with Gasteiger partial charge in [-0.3, -0.25) is 0 Å². The van der Waals surface area contributed by atoms with Gasteiger partial charge in [-0.05, 0) is 96.4 Å². The van der Waals surface area contributed by atoms with Crippen LogP contribution in [0.5, 0.6) is 5.75 Å². The first-order valence-corrected chi connectivity index (χ1v) is 12.7. The van der Waals surface area contributed by atoms with E-state index in [1.54, 1.807) is 7.11 Å². The van der Waals surface area contributed by atoms with Gasteiger partial charge in [-0.1, -0.05) is 54.2 Å². The van der Waals surface area contributed by atoms with Gasteiger partial charge < -0.3 is 9.47 Å². The molecule has 0 N–H and O–H groups in total. The van der Waals surface area contributed by atoms with Gasteiger partial charge in [-0.15, -0.1) is 0 Å². The van der Waals surface area contributed by atoms with Gasteiger partial charge in [0.1, 0.15) is 5.75 Å². The van der Waals surface area contributed by atoms with Crippen molar-refractivity contribution in [1.82, 2.24) is 0 Å². The third-order valence-corrected chi connectivity index (χ3v) is 5.86. The van der Waals surface area contributed by atoms with E-state index in [1.807, 2.05) is 72.8 Å². The highest BCUT2D eigenvalue weighted by Gasteiger charge is 1.98. The van der Waals surface area contributed by atoms with Crippen LogP contribution >= 0.6 is 0 Å². The molecule has 4 aromatic carbocycles. The molecule has 0 aliphatic carbocycles. The maximum atomic E-state index is 11.0. The SMILES string of the molecule is C=CC(=O)OCCCCC#Cc1ccc(C#Cc2ccc(C#Cc3ccc4cc(OC)ccc4c3)cc2)cc1. The highest BCUT2D eigenvalue weighted by atomic mass is 16.5. The molecule has 0 spiro atoms. The fraction of sp³-hybridized carbons (Fsp3) is 0.139. The summed E-state index contributed by atoms with van der Waals surface area (Å²) in [5.41, 5.74) is 4.73. The molecule has 0 aliphatic rings. The smallest absolute Gasteiger partial charge is 0.330 e. The average Bonchev–Trinajstić information content (AvgIpc) is 2.99. The molecule has 3 heteroatoms. The van der Waals surface area contributed by atoms with Gasteiger partial charge in [0.15, 0.2) is 0 Å². The Morgan fingerprint density at radius 3 is 1.79 bits per heavy atom. The number of fused-ring (bicyclic) bond motifs is 1. The number of carbonyl (C=O) groups is 1. The number of rotatable bonds is 6. The van der Waals surface area contributed by atoms with E-state index < -0.39 is 0 Å². The minimum absolute atomic E-state index is 0.384. The lowest BCUT2D eigenvalue weighted by Crippen LogP contribution is -2.01. The lowest BCUT2D eigenvalue weighted by Gasteiger charge is -2.02. The predicted octanol–water partition coefficient (Wildman–Crippen LogP) is 6.90. The molecular weight excluding hydrogens is 480 g/mol. The fourth-order valence-electron chi connectivity index (χ4n) is 3.70. The van der Waals surface area contributed by atoms with Gasteiger partial charge in [0.2, 0.25) is 0 Å². The molecule has 0 saturated heterocycles. The van der Waals surface area contributed by atoms with Crippen molar-refractivity contribution in [2.75, 3.05) is 13.7 Å². The van der Waals surface area contributed by atoms with E-state index in [0.29, 0.717) is 6.61 Å². The zero-order valence-electron chi connectivity index (χ0n) is 21.9. The molecule has 0 fully saturated rings. The second-order valence-corrected chi connectivity index (χ2v) is 8.71. The Hall–Kier alpha value is -5.17. The van der Waals surface area contributed by atoms with E-state index in [0.717, 1.165) is 63.6 Å². The fourth-order valence-corrected chi connectivity index (χ4v) is 3.70. The summed E-state index contributed by atoms with van der Waals surface area (Å²) >= 11 is 0. The largest absolute Gasteiger partial charge is 0.497 e. The Morgan fingerprint density at radius 1 is 0.692 bits per heavy atom. The highest BCUT2D eigenvalue weighted by Crippen LogP contribution is 2.21. The second kappa shape index (κ2) is 13.9. The van der Waals surface area contributed by atoms with Crippen LogP contribution in [0.4, 0.5) is 0 Å². The number of methoxy groups -OCH3 is 1. The lowest BCUT2D eigenvalue weighted by atomic mass is 10.1. The Labute approximate surface area is 230 Å². The second-order valence-electron chi connectivity index (χ2n) is 8.71. The summed E-state index contributed by atoms with van der Waals surface area (Å²) < 4.78 is 10.2. The van der Waals surface area contributed by atoms with Crippen LogP contribution in [-0.4, -0.2) is 19.7 Å². The molecule has 0 aliphatic heterocycles. The third-order valence-electron chi connectivity index (χ3n) is 5.86. The van der Waals surface area contributed by atoms with Crippen molar-refractivity contribution in [3.8, 4) is 41.3 Å². The molecule has 4 aromatic rings. The summed E-state index contributed by atoms with van der Waals surface area (Å²) in [5.74, 6) is 19.7. The van der Waals surface area contributed by atoms with Crippen LogP contribution in [0.1, 0.15) is 47.1 Å². The first-order chi connectivity index (χ1) is 19.1. The molecule has 39 heavy (non-hydrogen) atoms. The van der Waals surface area contributed by atoms with Gasteiger partial charge in [0, 0.05) is 40.3 Å². The zero-order chi connectivity index (χ0) is 27.3. The summed E-state index contributed by atoms with van der Waals surface area (Å²) in [4.78, 5) is 11.0. The van der Waals surface area contributed by atoms with Crippen LogP contribution < -0.4 is 4.74 Å². The molecule has 0 radical (unpaired) electrons. The summed E-state index contributed by atoms with van der Waals surface area (Å²) in [5, 5.41) is 2.26. The van der Waals surface area contributed by atoms with Crippen LogP contribution in [0.2, 0.25) is 0 Å². The summed E-state index contributed by atoms with van der Waals surface area (Å²) in [6, 6.07) is 28.1. The average molecular weight is 509 g/mol. The van der Waals surface area contributed by atoms with E-state index in [-0.39, 0.29) is 5.97 Å². The van der Waals surface area contributed by atoms with Crippen molar-refractivity contribution >= 4 is 16.7 Å². The van der Waals surface area contributed by atoms with Crippen molar-refractivity contribution in [2.45, 2.75) is 19.3 Å². The van der Waals surface area contributed by atoms with Gasteiger partial charge in [-0.2, -0.15) is 0 Å². The maximum absolute atomic E-state index is 11.0.